The SMILES string of the molecule is COc1ccc(-c2nnc(C(C)N(C)Cc3ccccc3F)o2)cc1. The van der Waals surface area contributed by atoms with Crippen molar-refractivity contribution in [3.05, 3.63) is 65.8 Å². The summed E-state index contributed by atoms with van der Waals surface area (Å²) in [6.07, 6.45) is 0. The lowest BCUT2D eigenvalue weighted by molar-refractivity contribution is 0.215. The van der Waals surface area contributed by atoms with Crippen molar-refractivity contribution in [1.29, 1.82) is 0 Å². The summed E-state index contributed by atoms with van der Waals surface area (Å²) in [6, 6.07) is 14.0. The molecule has 1 aromatic heterocycles. The molecule has 5 nitrogen and oxygen atoms in total. The van der Waals surface area contributed by atoms with Crippen LogP contribution < -0.4 is 4.74 Å². The van der Waals surface area contributed by atoms with Crippen LogP contribution >= 0.6 is 0 Å². The highest BCUT2D eigenvalue weighted by Gasteiger charge is 2.20. The van der Waals surface area contributed by atoms with Gasteiger partial charge in [-0.15, -0.1) is 10.2 Å². The molecule has 0 saturated carbocycles. The quantitative estimate of drug-likeness (QED) is 0.676. The van der Waals surface area contributed by atoms with Crippen molar-refractivity contribution in [2.24, 2.45) is 0 Å². The number of ether oxygens (including phenoxy) is 1. The van der Waals surface area contributed by atoms with E-state index in [4.69, 9.17) is 9.15 Å². The number of hydrogen-bond acceptors (Lipinski definition) is 5. The number of rotatable bonds is 6. The van der Waals surface area contributed by atoms with Crippen LogP contribution in [-0.4, -0.2) is 29.3 Å². The summed E-state index contributed by atoms with van der Waals surface area (Å²) >= 11 is 0. The highest BCUT2D eigenvalue weighted by Crippen LogP contribution is 2.25. The van der Waals surface area contributed by atoms with Crippen LogP contribution in [0.3, 0.4) is 0 Å². The lowest BCUT2D eigenvalue weighted by Crippen LogP contribution is -2.22. The Bertz CT molecular complexity index is 833. The maximum Gasteiger partial charge on any atom is 0.247 e. The molecule has 3 rings (SSSR count). The number of halogens is 1. The first-order valence-electron chi connectivity index (χ1n) is 8.00. The minimum absolute atomic E-state index is 0.140. The van der Waals surface area contributed by atoms with E-state index < -0.39 is 0 Å². The van der Waals surface area contributed by atoms with Gasteiger partial charge in [0.25, 0.3) is 0 Å². The summed E-state index contributed by atoms with van der Waals surface area (Å²) in [5.74, 6) is 1.49. The van der Waals surface area contributed by atoms with E-state index in [1.807, 2.05) is 49.2 Å². The number of nitrogens with zero attached hydrogens (tertiary/aromatic N) is 3. The van der Waals surface area contributed by atoms with Gasteiger partial charge in [-0.25, -0.2) is 4.39 Å². The van der Waals surface area contributed by atoms with Crippen LogP contribution in [0.4, 0.5) is 4.39 Å². The molecule has 130 valence electrons. The highest BCUT2D eigenvalue weighted by atomic mass is 19.1. The third-order valence-corrected chi connectivity index (χ3v) is 4.17. The molecule has 1 unspecified atom stereocenters. The van der Waals surface area contributed by atoms with Gasteiger partial charge in [-0.1, -0.05) is 18.2 Å². The Morgan fingerprint density at radius 1 is 1.12 bits per heavy atom. The molecule has 1 heterocycles. The van der Waals surface area contributed by atoms with E-state index in [1.54, 1.807) is 19.2 Å². The molecule has 25 heavy (non-hydrogen) atoms. The van der Waals surface area contributed by atoms with Gasteiger partial charge < -0.3 is 9.15 Å². The van der Waals surface area contributed by atoms with Crippen molar-refractivity contribution in [2.75, 3.05) is 14.2 Å². The summed E-state index contributed by atoms with van der Waals surface area (Å²) in [6.45, 7) is 2.40. The van der Waals surface area contributed by atoms with E-state index in [9.17, 15) is 4.39 Å². The van der Waals surface area contributed by atoms with E-state index in [0.29, 0.717) is 23.9 Å². The average Bonchev–Trinajstić information content (AvgIpc) is 3.13. The second-order valence-electron chi connectivity index (χ2n) is 5.86. The van der Waals surface area contributed by atoms with Crippen LogP contribution in [0.5, 0.6) is 5.75 Å². The fourth-order valence-electron chi connectivity index (χ4n) is 2.47. The third kappa shape index (κ3) is 3.85. The topological polar surface area (TPSA) is 51.4 Å². The number of hydrogen-bond donors (Lipinski definition) is 0. The number of benzene rings is 2. The first kappa shape index (κ1) is 17.1. The lowest BCUT2D eigenvalue weighted by Gasteiger charge is -2.21. The fraction of sp³-hybridized carbons (Fsp3) is 0.263. The van der Waals surface area contributed by atoms with Gasteiger partial charge in [0.1, 0.15) is 11.6 Å². The molecule has 3 aromatic rings. The Balaban J connectivity index is 1.73. The molecule has 0 spiro atoms. The van der Waals surface area contributed by atoms with Crippen molar-refractivity contribution in [3.8, 4) is 17.2 Å². The number of aromatic nitrogens is 2. The van der Waals surface area contributed by atoms with Crippen molar-refractivity contribution in [2.45, 2.75) is 19.5 Å². The molecular weight excluding hydrogens is 321 g/mol. The molecule has 0 aliphatic rings. The molecule has 0 fully saturated rings. The van der Waals surface area contributed by atoms with E-state index >= 15 is 0 Å². The van der Waals surface area contributed by atoms with E-state index in [0.717, 1.165) is 11.3 Å². The Morgan fingerprint density at radius 3 is 2.52 bits per heavy atom. The largest absolute Gasteiger partial charge is 0.497 e. The Labute approximate surface area is 146 Å². The van der Waals surface area contributed by atoms with Gasteiger partial charge in [-0.2, -0.15) is 0 Å². The van der Waals surface area contributed by atoms with Gasteiger partial charge in [0, 0.05) is 17.7 Å². The zero-order valence-electron chi connectivity index (χ0n) is 14.4. The first-order valence-corrected chi connectivity index (χ1v) is 8.00. The molecule has 0 radical (unpaired) electrons. The van der Waals surface area contributed by atoms with Gasteiger partial charge in [-0.3, -0.25) is 4.90 Å². The molecule has 0 saturated heterocycles. The normalized spacial score (nSPS) is 12.4. The second kappa shape index (κ2) is 7.44. The Morgan fingerprint density at radius 2 is 1.84 bits per heavy atom. The zero-order chi connectivity index (χ0) is 17.8. The van der Waals surface area contributed by atoms with Gasteiger partial charge in [0.2, 0.25) is 11.8 Å². The summed E-state index contributed by atoms with van der Waals surface area (Å²) < 4.78 is 24.8. The molecule has 2 aromatic carbocycles. The van der Waals surface area contributed by atoms with Gasteiger partial charge in [0.05, 0.1) is 13.2 Å². The summed E-state index contributed by atoms with van der Waals surface area (Å²) in [7, 11) is 3.52. The van der Waals surface area contributed by atoms with Gasteiger partial charge >= 0.3 is 0 Å². The average molecular weight is 341 g/mol. The van der Waals surface area contributed by atoms with E-state index in [-0.39, 0.29) is 11.9 Å². The van der Waals surface area contributed by atoms with Gasteiger partial charge in [0.15, 0.2) is 0 Å². The van der Waals surface area contributed by atoms with Crippen LogP contribution in [-0.2, 0) is 6.54 Å². The maximum absolute atomic E-state index is 13.8. The van der Waals surface area contributed by atoms with Crippen LogP contribution in [0.1, 0.15) is 24.4 Å². The summed E-state index contributed by atoms with van der Waals surface area (Å²) in [5, 5.41) is 8.25. The maximum atomic E-state index is 13.8. The monoisotopic (exact) mass is 341 g/mol. The molecule has 0 amide bonds. The molecular formula is C19H20FN3O2. The van der Waals surface area contributed by atoms with Crippen LogP contribution in [0, 0.1) is 5.82 Å². The van der Waals surface area contributed by atoms with Crippen molar-refractivity contribution in [3.63, 3.8) is 0 Å². The third-order valence-electron chi connectivity index (χ3n) is 4.17. The minimum atomic E-state index is -0.217. The molecule has 1 atom stereocenters. The fourth-order valence-corrected chi connectivity index (χ4v) is 2.47. The van der Waals surface area contributed by atoms with Crippen molar-refractivity contribution in [1.82, 2.24) is 15.1 Å². The molecule has 0 bridgehead atoms. The highest BCUT2D eigenvalue weighted by molar-refractivity contribution is 5.53. The first-order chi connectivity index (χ1) is 12.1. The smallest absolute Gasteiger partial charge is 0.247 e. The van der Waals surface area contributed by atoms with E-state index in [2.05, 4.69) is 10.2 Å². The molecule has 0 aliphatic heterocycles. The Kier molecular flexibility index (Phi) is 5.09. The number of methoxy groups -OCH3 is 1. The van der Waals surface area contributed by atoms with E-state index in [1.165, 1.54) is 6.07 Å². The van der Waals surface area contributed by atoms with Crippen molar-refractivity contribution < 1.29 is 13.5 Å². The predicted molar refractivity (Wildman–Crippen MR) is 92.6 cm³/mol. The van der Waals surface area contributed by atoms with Crippen LogP contribution in [0.2, 0.25) is 0 Å². The second-order valence-corrected chi connectivity index (χ2v) is 5.86. The van der Waals surface area contributed by atoms with Crippen molar-refractivity contribution >= 4 is 0 Å². The van der Waals surface area contributed by atoms with Gasteiger partial charge in [-0.05, 0) is 44.3 Å². The summed E-state index contributed by atoms with van der Waals surface area (Å²) in [4.78, 5) is 1.96. The van der Waals surface area contributed by atoms with Crippen LogP contribution in [0.25, 0.3) is 11.5 Å². The predicted octanol–water partition coefficient (Wildman–Crippen LogP) is 4.08. The molecule has 6 heteroatoms. The standard InChI is InChI=1S/C19H20FN3O2/c1-13(23(2)12-15-6-4-5-7-17(15)20)18-21-22-19(25-18)14-8-10-16(24-3)11-9-14/h4-11,13H,12H2,1-3H3. The Hall–Kier alpha value is -2.73. The zero-order valence-corrected chi connectivity index (χ0v) is 14.4. The molecule has 0 N–H and O–H groups in total. The lowest BCUT2D eigenvalue weighted by atomic mass is 10.2. The minimum Gasteiger partial charge on any atom is -0.497 e. The van der Waals surface area contributed by atoms with Crippen LogP contribution in [0.15, 0.2) is 52.9 Å². The summed E-state index contributed by atoms with van der Waals surface area (Å²) in [5.41, 5.74) is 1.45. The molecule has 0 aliphatic carbocycles.